The van der Waals surface area contributed by atoms with E-state index >= 15 is 0 Å². The van der Waals surface area contributed by atoms with Gasteiger partial charge in [0.2, 0.25) is 10.0 Å². The number of benzene rings is 1. The third-order valence-electron chi connectivity index (χ3n) is 2.13. The van der Waals surface area contributed by atoms with E-state index in [1.54, 1.807) is 40.0 Å². The van der Waals surface area contributed by atoms with Gasteiger partial charge in [0.15, 0.2) is 0 Å². The van der Waals surface area contributed by atoms with Crippen molar-refractivity contribution in [2.75, 3.05) is 20.3 Å². The van der Waals surface area contributed by atoms with Crippen LogP contribution >= 0.6 is 0 Å². The maximum Gasteiger partial charge on any atom is 0.241 e. The van der Waals surface area contributed by atoms with E-state index in [9.17, 15) is 8.42 Å². The molecule has 0 atom stereocenters. The summed E-state index contributed by atoms with van der Waals surface area (Å²) in [5.41, 5.74) is -0.507. The fraction of sp³-hybridized carbons (Fsp3) is 0.538. The van der Waals surface area contributed by atoms with Crippen molar-refractivity contribution in [1.29, 1.82) is 0 Å². The summed E-state index contributed by atoms with van der Waals surface area (Å²) in [4.78, 5) is 0.224. The van der Waals surface area contributed by atoms with Crippen LogP contribution in [0.25, 0.3) is 0 Å². The van der Waals surface area contributed by atoms with Gasteiger partial charge in [-0.05, 0) is 45.0 Å². The van der Waals surface area contributed by atoms with Crippen molar-refractivity contribution >= 4 is 10.0 Å². The van der Waals surface area contributed by atoms with Crippen LogP contribution in [0.5, 0.6) is 5.75 Å². The van der Waals surface area contributed by atoms with Crippen molar-refractivity contribution in [2.24, 2.45) is 0 Å². The summed E-state index contributed by atoms with van der Waals surface area (Å²) in [5, 5.41) is 0. The van der Waals surface area contributed by atoms with Gasteiger partial charge in [0.1, 0.15) is 12.4 Å². The molecule has 1 N–H and O–H groups in total. The SMILES string of the molecule is COCCOc1ccc(S(=O)(=O)NC(C)(C)C)cc1. The first-order chi connectivity index (χ1) is 8.74. The fourth-order valence-corrected chi connectivity index (χ4v) is 2.84. The molecule has 1 rings (SSSR count). The molecule has 0 fully saturated rings. The summed E-state index contributed by atoms with van der Waals surface area (Å²) >= 11 is 0. The lowest BCUT2D eigenvalue weighted by atomic mass is 10.1. The minimum Gasteiger partial charge on any atom is -0.491 e. The van der Waals surface area contributed by atoms with Crippen molar-refractivity contribution in [3.8, 4) is 5.75 Å². The second-order valence-corrected chi connectivity index (χ2v) is 6.85. The molecule has 0 radical (unpaired) electrons. The smallest absolute Gasteiger partial charge is 0.241 e. The first kappa shape index (κ1) is 15.9. The van der Waals surface area contributed by atoms with Crippen LogP contribution in [0.15, 0.2) is 29.2 Å². The minimum atomic E-state index is -3.49. The molecule has 1 aromatic rings. The zero-order valence-corrected chi connectivity index (χ0v) is 12.6. The molecule has 108 valence electrons. The van der Waals surface area contributed by atoms with Crippen LogP contribution in [0.1, 0.15) is 20.8 Å². The molecule has 6 heteroatoms. The Labute approximate surface area is 115 Å². The lowest BCUT2D eigenvalue weighted by molar-refractivity contribution is 0.146. The maximum absolute atomic E-state index is 12.0. The number of methoxy groups -OCH3 is 1. The van der Waals surface area contributed by atoms with E-state index in [2.05, 4.69) is 4.72 Å². The Kier molecular flexibility index (Phi) is 5.34. The van der Waals surface area contributed by atoms with Gasteiger partial charge in [-0.15, -0.1) is 0 Å². The predicted molar refractivity (Wildman–Crippen MR) is 73.9 cm³/mol. The summed E-state index contributed by atoms with van der Waals surface area (Å²) in [5.74, 6) is 0.617. The first-order valence-corrected chi connectivity index (χ1v) is 7.49. The highest BCUT2D eigenvalue weighted by atomic mass is 32.2. The van der Waals surface area contributed by atoms with E-state index < -0.39 is 15.6 Å². The van der Waals surface area contributed by atoms with E-state index in [4.69, 9.17) is 9.47 Å². The normalized spacial score (nSPS) is 12.4. The molecule has 19 heavy (non-hydrogen) atoms. The third kappa shape index (κ3) is 5.59. The lowest BCUT2D eigenvalue weighted by Gasteiger charge is -2.20. The highest BCUT2D eigenvalue weighted by molar-refractivity contribution is 7.89. The molecule has 0 aliphatic heterocycles. The second kappa shape index (κ2) is 6.36. The van der Waals surface area contributed by atoms with Gasteiger partial charge in [-0.3, -0.25) is 0 Å². The Morgan fingerprint density at radius 3 is 2.16 bits per heavy atom. The highest BCUT2D eigenvalue weighted by Crippen LogP contribution is 2.17. The molecule has 0 unspecified atom stereocenters. The first-order valence-electron chi connectivity index (χ1n) is 6.00. The third-order valence-corrected chi connectivity index (χ3v) is 3.90. The second-order valence-electron chi connectivity index (χ2n) is 5.17. The van der Waals surface area contributed by atoms with Gasteiger partial charge in [0, 0.05) is 12.6 Å². The largest absolute Gasteiger partial charge is 0.491 e. The van der Waals surface area contributed by atoms with Gasteiger partial charge in [-0.1, -0.05) is 0 Å². The standard InChI is InChI=1S/C13H21NO4S/c1-13(2,3)14-19(15,16)12-7-5-11(6-8-12)18-10-9-17-4/h5-8,14H,9-10H2,1-4H3. The van der Waals surface area contributed by atoms with E-state index in [0.29, 0.717) is 19.0 Å². The number of hydrogen-bond donors (Lipinski definition) is 1. The number of hydrogen-bond acceptors (Lipinski definition) is 4. The van der Waals surface area contributed by atoms with Crippen LogP contribution < -0.4 is 9.46 Å². The quantitative estimate of drug-likeness (QED) is 0.810. The Bertz CT molecular complexity index is 488. The van der Waals surface area contributed by atoms with Crippen molar-refractivity contribution in [1.82, 2.24) is 4.72 Å². The van der Waals surface area contributed by atoms with Crippen LogP contribution in [0, 0.1) is 0 Å². The van der Waals surface area contributed by atoms with E-state index in [1.165, 1.54) is 12.1 Å². The molecular formula is C13H21NO4S. The molecule has 0 aliphatic rings. The lowest BCUT2D eigenvalue weighted by Crippen LogP contribution is -2.40. The van der Waals surface area contributed by atoms with E-state index in [-0.39, 0.29) is 4.90 Å². The molecule has 0 saturated carbocycles. The zero-order chi connectivity index (χ0) is 14.5. The zero-order valence-electron chi connectivity index (χ0n) is 11.8. The summed E-state index contributed by atoms with van der Waals surface area (Å²) in [6, 6.07) is 6.31. The summed E-state index contributed by atoms with van der Waals surface area (Å²) in [6.07, 6.45) is 0. The molecule has 0 bridgehead atoms. The van der Waals surface area contributed by atoms with Crippen LogP contribution in [0.4, 0.5) is 0 Å². The van der Waals surface area contributed by atoms with Gasteiger partial charge in [-0.2, -0.15) is 0 Å². The van der Waals surface area contributed by atoms with Crippen molar-refractivity contribution in [2.45, 2.75) is 31.2 Å². The van der Waals surface area contributed by atoms with Gasteiger partial charge in [0.25, 0.3) is 0 Å². The predicted octanol–water partition coefficient (Wildman–Crippen LogP) is 1.79. The number of sulfonamides is 1. The topological polar surface area (TPSA) is 64.6 Å². The summed E-state index contributed by atoms with van der Waals surface area (Å²) < 4.78 is 36.9. The molecule has 0 heterocycles. The molecule has 1 aromatic carbocycles. The van der Waals surface area contributed by atoms with Gasteiger partial charge < -0.3 is 9.47 Å². The van der Waals surface area contributed by atoms with Crippen molar-refractivity contribution < 1.29 is 17.9 Å². The average Bonchev–Trinajstić information content (AvgIpc) is 2.27. The molecular weight excluding hydrogens is 266 g/mol. The molecule has 0 saturated heterocycles. The maximum atomic E-state index is 12.0. The Hall–Kier alpha value is -1.11. The van der Waals surface area contributed by atoms with Crippen LogP contribution in [-0.4, -0.2) is 34.3 Å². The summed E-state index contributed by atoms with van der Waals surface area (Å²) in [6.45, 7) is 6.32. The van der Waals surface area contributed by atoms with Crippen LogP contribution in [0.2, 0.25) is 0 Å². The Morgan fingerprint density at radius 2 is 1.68 bits per heavy atom. The van der Waals surface area contributed by atoms with Gasteiger partial charge >= 0.3 is 0 Å². The van der Waals surface area contributed by atoms with Gasteiger partial charge in [-0.25, -0.2) is 13.1 Å². The molecule has 0 aromatic heterocycles. The fourth-order valence-electron chi connectivity index (χ4n) is 1.42. The van der Waals surface area contributed by atoms with E-state index in [1.807, 2.05) is 0 Å². The van der Waals surface area contributed by atoms with E-state index in [0.717, 1.165) is 0 Å². The molecule has 0 spiro atoms. The minimum absolute atomic E-state index is 0.224. The number of rotatable bonds is 6. The average molecular weight is 287 g/mol. The van der Waals surface area contributed by atoms with Crippen LogP contribution in [0.3, 0.4) is 0 Å². The highest BCUT2D eigenvalue weighted by Gasteiger charge is 2.21. The summed E-state index contributed by atoms with van der Waals surface area (Å²) in [7, 11) is -1.90. The molecule has 0 aliphatic carbocycles. The van der Waals surface area contributed by atoms with Crippen molar-refractivity contribution in [3.05, 3.63) is 24.3 Å². The van der Waals surface area contributed by atoms with Crippen LogP contribution in [-0.2, 0) is 14.8 Å². The molecule has 5 nitrogen and oxygen atoms in total. The number of ether oxygens (including phenoxy) is 2. The number of nitrogens with one attached hydrogen (secondary N) is 1. The van der Waals surface area contributed by atoms with Crippen molar-refractivity contribution in [3.63, 3.8) is 0 Å². The van der Waals surface area contributed by atoms with Gasteiger partial charge in [0.05, 0.1) is 11.5 Å². The Balaban J connectivity index is 2.75. The Morgan fingerprint density at radius 1 is 1.11 bits per heavy atom. The molecule has 0 amide bonds. The monoisotopic (exact) mass is 287 g/mol.